The molecule has 1 heterocycles. The molecule has 0 aliphatic carbocycles. The molecule has 1 aromatic heterocycles. The first-order valence-electron chi connectivity index (χ1n) is 8.35. The van der Waals surface area contributed by atoms with Crippen molar-refractivity contribution in [2.75, 3.05) is 19.4 Å². The molecule has 2 rings (SSSR count). The van der Waals surface area contributed by atoms with E-state index in [4.69, 9.17) is 0 Å². The molecule has 0 spiro atoms. The minimum atomic E-state index is -3.55. The molecule has 0 fully saturated rings. The van der Waals surface area contributed by atoms with Crippen molar-refractivity contribution in [3.8, 4) is 0 Å². The number of thiophene rings is 1. The molecule has 1 aromatic carbocycles. The van der Waals surface area contributed by atoms with Crippen LogP contribution in [0.2, 0.25) is 0 Å². The van der Waals surface area contributed by atoms with Gasteiger partial charge in [0.2, 0.25) is 10.0 Å². The predicted octanol–water partition coefficient (Wildman–Crippen LogP) is 1.96. The molecular weight excluding hydrogens is 370 g/mol. The lowest BCUT2D eigenvalue weighted by atomic mass is 10.2. The Morgan fingerprint density at radius 1 is 1.23 bits per heavy atom. The Morgan fingerprint density at radius 3 is 2.50 bits per heavy atom. The zero-order chi connectivity index (χ0) is 19.5. The monoisotopic (exact) mass is 396 g/mol. The summed E-state index contributed by atoms with van der Waals surface area (Å²) < 4.78 is 25.8. The molecule has 0 bridgehead atoms. The Kier molecular flexibility index (Phi) is 6.57. The lowest BCUT2D eigenvalue weighted by Gasteiger charge is -2.17. The van der Waals surface area contributed by atoms with Crippen LogP contribution in [-0.2, 0) is 14.8 Å². The van der Waals surface area contributed by atoms with Crippen molar-refractivity contribution in [3.05, 3.63) is 46.2 Å². The Bertz CT molecular complexity index is 862. The zero-order valence-electron chi connectivity index (χ0n) is 15.7. The highest BCUT2D eigenvalue weighted by Gasteiger charge is 2.23. The van der Waals surface area contributed by atoms with Crippen molar-refractivity contribution in [3.63, 3.8) is 0 Å². The van der Waals surface area contributed by atoms with E-state index < -0.39 is 10.0 Å². The van der Waals surface area contributed by atoms with Crippen molar-refractivity contribution in [2.45, 2.75) is 37.8 Å². The van der Waals surface area contributed by atoms with Crippen LogP contribution in [0.4, 0.5) is 5.69 Å². The highest BCUT2D eigenvalue weighted by atomic mass is 32.2. The van der Waals surface area contributed by atoms with Gasteiger partial charge in [0, 0.05) is 19.8 Å². The van der Waals surface area contributed by atoms with Gasteiger partial charge in [0.15, 0.2) is 6.04 Å². The van der Waals surface area contributed by atoms with Crippen LogP contribution in [0, 0.1) is 6.92 Å². The first-order valence-corrected chi connectivity index (χ1v) is 10.7. The van der Waals surface area contributed by atoms with Crippen molar-refractivity contribution in [2.24, 2.45) is 0 Å². The number of quaternary nitrogens is 1. The lowest BCUT2D eigenvalue weighted by molar-refractivity contribution is -0.709. The standard InChI is InChI=1S/C18H25N3O3S2/c1-12-8-9-15(26(23,24)21(4)5)11-16(12)20-18(22)14(3)19-13(2)17-7-6-10-25-17/h6-11,13-14,19H,1-5H3,(H,20,22)/p+1/t13-,14+/m1/s1. The summed E-state index contributed by atoms with van der Waals surface area (Å²) in [5, 5.41) is 6.88. The molecule has 6 nitrogen and oxygen atoms in total. The van der Waals surface area contributed by atoms with Crippen LogP contribution < -0.4 is 10.6 Å². The highest BCUT2D eigenvalue weighted by Crippen LogP contribution is 2.22. The van der Waals surface area contributed by atoms with Gasteiger partial charge in [-0.15, -0.1) is 11.3 Å². The summed E-state index contributed by atoms with van der Waals surface area (Å²) in [6.45, 7) is 5.74. The Hall–Kier alpha value is -1.74. The van der Waals surface area contributed by atoms with Crippen LogP contribution >= 0.6 is 11.3 Å². The first-order chi connectivity index (χ1) is 12.1. The number of sulfonamides is 1. The number of aryl methyl sites for hydroxylation is 1. The number of amides is 1. The van der Waals surface area contributed by atoms with Crippen LogP contribution in [0.1, 0.15) is 30.3 Å². The number of hydrogen-bond donors (Lipinski definition) is 2. The number of anilines is 1. The summed E-state index contributed by atoms with van der Waals surface area (Å²) in [5.74, 6) is -0.157. The van der Waals surface area contributed by atoms with Gasteiger partial charge >= 0.3 is 0 Å². The van der Waals surface area contributed by atoms with E-state index in [9.17, 15) is 13.2 Å². The van der Waals surface area contributed by atoms with Crippen molar-refractivity contribution in [1.29, 1.82) is 0 Å². The number of nitrogens with two attached hydrogens (primary N) is 1. The molecule has 142 valence electrons. The fraction of sp³-hybridized carbons (Fsp3) is 0.389. The van der Waals surface area contributed by atoms with Gasteiger partial charge in [-0.25, -0.2) is 12.7 Å². The molecule has 0 aliphatic rings. The number of rotatable bonds is 7. The molecular formula is C18H26N3O3S2+. The van der Waals surface area contributed by atoms with Gasteiger partial charge in [-0.1, -0.05) is 12.1 Å². The molecule has 8 heteroatoms. The molecule has 0 unspecified atom stereocenters. The van der Waals surface area contributed by atoms with Crippen LogP contribution in [0.3, 0.4) is 0 Å². The molecule has 26 heavy (non-hydrogen) atoms. The maximum Gasteiger partial charge on any atom is 0.282 e. The third kappa shape index (κ3) is 4.70. The highest BCUT2D eigenvalue weighted by molar-refractivity contribution is 7.89. The second-order valence-electron chi connectivity index (χ2n) is 6.54. The average molecular weight is 397 g/mol. The van der Waals surface area contributed by atoms with Crippen LogP contribution in [-0.4, -0.2) is 38.8 Å². The second-order valence-corrected chi connectivity index (χ2v) is 9.67. The third-order valence-electron chi connectivity index (χ3n) is 4.23. The van der Waals surface area contributed by atoms with E-state index in [0.717, 1.165) is 9.87 Å². The molecule has 2 aromatic rings. The first kappa shape index (κ1) is 20.6. The Balaban J connectivity index is 2.13. The number of carbonyl (C=O) groups is 1. The minimum Gasteiger partial charge on any atom is -0.330 e. The number of hydrogen-bond acceptors (Lipinski definition) is 4. The largest absolute Gasteiger partial charge is 0.330 e. The predicted molar refractivity (Wildman–Crippen MR) is 105 cm³/mol. The summed E-state index contributed by atoms with van der Waals surface area (Å²) in [6.07, 6.45) is 0. The molecule has 0 saturated carbocycles. The number of carbonyl (C=O) groups excluding carboxylic acids is 1. The third-order valence-corrected chi connectivity index (χ3v) is 7.11. The van der Waals surface area contributed by atoms with Crippen molar-refractivity contribution < 1.29 is 18.5 Å². The van der Waals surface area contributed by atoms with E-state index in [0.29, 0.717) is 5.69 Å². The van der Waals surface area contributed by atoms with E-state index in [1.54, 1.807) is 23.5 Å². The molecule has 1 amide bonds. The molecule has 0 saturated heterocycles. The minimum absolute atomic E-state index is 0.157. The van der Waals surface area contributed by atoms with E-state index in [1.807, 2.05) is 30.6 Å². The summed E-state index contributed by atoms with van der Waals surface area (Å²) >= 11 is 1.66. The maximum absolute atomic E-state index is 12.6. The smallest absolute Gasteiger partial charge is 0.282 e. The summed E-state index contributed by atoms with van der Waals surface area (Å²) in [5.41, 5.74) is 1.33. The average Bonchev–Trinajstić information content (AvgIpc) is 3.11. The second kappa shape index (κ2) is 8.30. The number of nitrogens with zero attached hydrogens (tertiary/aromatic N) is 1. The van der Waals surface area contributed by atoms with Crippen LogP contribution in [0.5, 0.6) is 0 Å². The van der Waals surface area contributed by atoms with Gasteiger partial charge in [0.05, 0.1) is 9.77 Å². The van der Waals surface area contributed by atoms with Gasteiger partial charge in [-0.05, 0) is 49.9 Å². The van der Waals surface area contributed by atoms with E-state index in [1.165, 1.54) is 25.0 Å². The molecule has 0 radical (unpaired) electrons. The van der Waals surface area contributed by atoms with Gasteiger partial charge in [-0.3, -0.25) is 4.79 Å². The molecule has 0 aliphatic heterocycles. The molecule has 3 N–H and O–H groups in total. The fourth-order valence-corrected chi connectivity index (χ4v) is 4.21. The lowest BCUT2D eigenvalue weighted by Crippen LogP contribution is -2.91. The summed E-state index contributed by atoms with van der Waals surface area (Å²) in [4.78, 5) is 13.9. The van der Waals surface area contributed by atoms with Crippen molar-refractivity contribution >= 4 is 33.0 Å². The summed E-state index contributed by atoms with van der Waals surface area (Å²) in [6, 6.07) is 8.69. The topological polar surface area (TPSA) is 83.1 Å². The number of nitrogens with one attached hydrogen (secondary N) is 1. The normalized spacial score (nSPS) is 14.2. The zero-order valence-corrected chi connectivity index (χ0v) is 17.3. The fourth-order valence-electron chi connectivity index (χ4n) is 2.52. The van der Waals surface area contributed by atoms with Gasteiger partial charge < -0.3 is 10.6 Å². The van der Waals surface area contributed by atoms with Gasteiger partial charge in [0.1, 0.15) is 6.04 Å². The van der Waals surface area contributed by atoms with E-state index >= 15 is 0 Å². The quantitative estimate of drug-likeness (QED) is 0.750. The Morgan fingerprint density at radius 2 is 1.92 bits per heavy atom. The maximum atomic E-state index is 12.6. The van der Waals surface area contributed by atoms with Crippen LogP contribution in [0.15, 0.2) is 40.6 Å². The Labute approximate surface area is 159 Å². The van der Waals surface area contributed by atoms with Crippen LogP contribution in [0.25, 0.3) is 0 Å². The summed E-state index contributed by atoms with van der Waals surface area (Å²) in [7, 11) is -0.580. The van der Waals surface area contributed by atoms with Gasteiger partial charge in [-0.2, -0.15) is 0 Å². The number of benzene rings is 1. The van der Waals surface area contributed by atoms with Crippen molar-refractivity contribution in [1.82, 2.24) is 4.31 Å². The molecule has 2 atom stereocenters. The van der Waals surface area contributed by atoms with Gasteiger partial charge in [0.25, 0.3) is 5.91 Å². The van der Waals surface area contributed by atoms with E-state index in [-0.39, 0.29) is 22.9 Å². The SMILES string of the molecule is Cc1ccc(S(=O)(=O)N(C)C)cc1NC(=O)[C@H](C)[NH2+][C@H](C)c1cccs1. The van der Waals surface area contributed by atoms with E-state index in [2.05, 4.69) is 18.3 Å².